The van der Waals surface area contributed by atoms with Crippen LogP contribution in [0.25, 0.3) is 11.4 Å². The molecule has 0 aliphatic heterocycles. The van der Waals surface area contributed by atoms with E-state index < -0.39 is 0 Å². The highest BCUT2D eigenvalue weighted by Crippen LogP contribution is 2.27. The molecule has 2 aromatic heterocycles. The number of aromatic nitrogens is 4. The first-order chi connectivity index (χ1) is 12.2. The Hall–Kier alpha value is -3.16. The normalized spacial score (nSPS) is 10.6. The molecule has 0 radical (unpaired) electrons. The third-order valence-electron chi connectivity index (χ3n) is 3.68. The van der Waals surface area contributed by atoms with Crippen molar-refractivity contribution in [1.29, 1.82) is 0 Å². The van der Waals surface area contributed by atoms with Gasteiger partial charge in [-0.1, -0.05) is 17.3 Å². The lowest BCUT2D eigenvalue weighted by molar-refractivity contribution is -0.116. The number of aryl methyl sites for hydroxylation is 2. The summed E-state index contributed by atoms with van der Waals surface area (Å²) >= 11 is 0. The van der Waals surface area contributed by atoms with Crippen LogP contribution in [0.1, 0.15) is 18.7 Å². The van der Waals surface area contributed by atoms with E-state index in [1.807, 2.05) is 31.3 Å². The first-order valence-electron chi connectivity index (χ1n) is 7.90. The topological polar surface area (TPSA) is 95.1 Å². The zero-order valence-electron chi connectivity index (χ0n) is 14.1. The molecule has 130 valence electrons. The second-order valence-electron chi connectivity index (χ2n) is 5.48. The van der Waals surface area contributed by atoms with Crippen LogP contribution in [-0.2, 0) is 18.3 Å². The van der Waals surface area contributed by atoms with Crippen LogP contribution in [0.15, 0.2) is 41.2 Å². The van der Waals surface area contributed by atoms with Gasteiger partial charge in [-0.2, -0.15) is 4.98 Å². The number of hydrogen-bond acceptors (Lipinski definition) is 6. The van der Waals surface area contributed by atoms with Crippen molar-refractivity contribution in [2.24, 2.45) is 7.05 Å². The Labute approximate surface area is 144 Å². The molecule has 0 aliphatic rings. The van der Waals surface area contributed by atoms with Crippen LogP contribution in [0.3, 0.4) is 0 Å². The Morgan fingerprint density at radius 1 is 1.36 bits per heavy atom. The van der Waals surface area contributed by atoms with E-state index in [1.165, 1.54) is 0 Å². The Morgan fingerprint density at radius 2 is 2.20 bits per heavy atom. The van der Waals surface area contributed by atoms with E-state index >= 15 is 0 Å². The lowest BCUT2D eigenvalue weighted by Crippen LogP contribution is -2.14. The highest BCUT2D eigenvalue weighted by Gasteiger charge is 2.13. The van der Waals surface area contributed by atoms with Gasteiger partial charge in [-0.25, -0.2) is 4.98 Å². The van der Waals surface area contributed by atoms with Gasteiger partial charge in [0.1, 0.15) is 5.75 Å². The fraction of sp³-hybridized carbons (Fsp3) is 0.294. The van der Waals surface area contributed by atoms with E-state index in [-0.39, 0.29) is 5.91 Å². The Balaban J connectivity index is 1.54. The molecule has 3 rings (SSSR count). The van der Waals surface area contributed by atoms with Crippen molar-refractivity contribution in [3.05, 3.63) is 42.5 Å². The van der Waals surface area contributed by atoms with Crippen molar-refractivity contribution in [1.82, 2.24) is 19.7 Å². The third-order valence-corrected chi connectivity index (χ3v) is 3.68. The molecule has 1 aromatic carbocycles. The van der Waals surface area contributed by atoms with Gasteiger partial charge in [-0.15, -0.1) is 0 Å². The number of imidazole rings is 1. The maximum absolute atomic E-state index is 11.9. The van der Waals surface area contributed by atoms with Gasteiger partial charge < -0.3 is 13.8 Å². The smallest absolute Gasteiger partial charge is 0.226 e. The van der Waals surface area contributed by atoms with Crippen molar-refractivity contribution < 1.29 is 14.1 Å². The summed E-state index contributed by atoms with van der Waals surface area (Å²) in [6.45, 7) is 0. The monoisotopic (exact) mass is 341 g/mol. The average molecular weight is 341 g/mol. The molecular weight excluding hydrogens is 322 g/mol. The average Bonchev–Trinajstić information content (AvgIpc) is 3.24. The zero-order valence-corrected chi connectivity index (χ0v) is 14.1. The number of rotatable bonds is 7. The van der Waals surface area contributed by atoms with Crippen LogP contribution in [0, 0.1) is 0 Å². The molecule has 8 nitrogen and oxygen atoms in total. The Kier molecular flexibility index (Phi) is 5.08. The van der Waals surface area contributed by atoms with Crippen LogP contribution in [-0.4, -0.2) is 32.7 Å². The predicted octanol–water partition coefficient (Wildman–Crippen LogP) is 2.44. The van der Waals surface area contributed by atoms with Crippen molar-refractivity contribution in [3.63, 3.8) is 0 Å². The number of nitrogens with zero attached hydrogens (tertiary/aromatic N) is 4. The van der Waals surface area contributed by atoms with Gasteiger partial charge in [-0.3, -0.25) is 10.1 Å². The molecule has 0 saturated heterocycles. The molecule has 0 saturated carbocycles. The minimum absolute atomic E-state index is 0.0984. The van der Waals surface area contributed by atoms with E-state index in [1.54, 1.807) is 24.1 Å². The SMILES string of the molecule is COc1ccccc1-c1noc(CCCC(=O)Nc2nccn2C)n1. The zero-order chi connectivity index (χ0) is 17.6. The quantitative estimate of drug-likeness (QED) is 0.709. The van der Waals surface area contributed by atoms with E-state index in [4.69, 9.17) is 9.26 Å². The summed E-state index contributed by atoms with van der Waals surface area (Å²) in [5.41, 5.74) is 0.771. The van der Waals surface area contributed by atoms with Gasteiger partial charge in [0.05, 0.1) is 12.7 Å². The van der Waals surface area contributed by atoms with Crippen LogP contribution in [0.4, 0.5) is 5.95 Å². The van der Waals surface area contributed by atoms with Gasteiger partial charge in [-0.05, 0) is 18.6 Å². The van der Waals surface area contributed by atoms with E-state index in [2.05, 4.69) is 20.4 Å². The maximum atomic E-state index is 11.9. The van der Waals surface area contributed by atoms with Crippen molar-refractivity contribution in [3.8, 4) is 17.1 Å². The molecule has 1 amide bonds. The fourth-order valence-corrected chi connectivity index (χ4v) is 2.37. The first kappa shape index (κ1) is 16.7. The number of ether oxygens (including phenoxy) is 1. The predicted molar refractivity (Wildman–Crippen MR) is 91.1 cm³/mol. The summed E-state index contributed by atoms with van der Waals surface area (Å²) in [5.74, 6) is 2.08. The van der Waals surface area contributed by atoms with Gasteiger partial charge in [0, 0.05) is 32.3 Å². The lowest BCUT2D eigenvalue weighted by atomic mass is 10.2. The Bertz CT molecular complexity index is 855. The molecule has 1 N–H and O–H groups in total. The summed E-state index contributed by atoms with van der Waals surface area (Å²) < 4.78 is 12.3. The molecule has 0 fully saturated rings. The second kappa shape index (κ2) is 7.61. The van der Waals surface area contributed by atoms with Gasteiger partial charge in [0.15, 0.2) is 0 Å². The van der Waals surface area contributed by atoms with Gasteiger partial charge in [0.2, 0.25) is 23.6 Å². The molecule has 25 heavy (non-hydrogen) atoms. The van der Waals surface area contributed by atoms with Crippen LogP contribution < -0.4 is 10.1 Å². The minimum atomic E-state index is -0.0984. The molecule has 0 unspecified atom stereocenters. The van der Waals surface area contributed by atoms with Gasteiger partial charge >= 0.3 is 0 Å². The van der Waals surface area contributed by atoms with E-state index in [0.717, 1.165) is 5.56 Å². The summed E-state index contributed by atoms with van der Waals surface area (Å²) in [5, 5.41) is 6.74. The van der Waals surface area contributed by atoms with E-state index in [0.29, 0.717) is 42.7 Å². The summed E-state index contributed by atoms with van der Waals surface area (Å²) in [7, 11) is 3.42. The standard InChI is InChI=1S/C17H19N5O3/c1-22-11-10-18-17(22)19-14(23)8-5-9-15-20-16(21-25-15)12-6-3-4-7-13(12)24-2/h3-4,6-7,10-11H,5,8-9H2,1-2H3,(H,18,19,23). The molecule has 0 atom stereocenters. The molecule has 0 bridgehead atoms. The Morgan fingerprint density at radius 3 is 2.96 bits per heavy atom. The molecule has 3 aromatic rings. The summed E-state index contributed by atoms with van der Waals surface area (Å²) in [6, 6.07) is 7.47. The number of carbonyl (C=O) groups is 1. The number of anilines is 1. The molecular formula is C17H19N5O3. The highest BCUT2D eigenvalue weighted by atomic mass is 16.5. The number of hydrogen-bond donors (Lipinski definition) is 1. The van der Waals surface area contributed by atoms with Crippen molar-refractivity contribution >= 4 is 11.9 Å². The van der Waals surface area contributed by atoms with Crippen LogP contribution >= 0.6 is 0 Å². The van der Waals surface area contributed by atoms with Gasteiger partial charge in [0.25, 0.3) is 0 Å². The lowest BCUT2D eigenvalue weighted by Gasteiger charge is -2.03. The number of carbonyl (C=O) groups excluding carboxylic acids is 1. The summed E-state index contributed by atoms with van der Waals surface area (Å²) in [6.07, 6.45) is 4.88. The largest absolute Gasteiger partial charge is 0.496 e. The number of amides is 1. The molecule has 0 aliphatic carbocycles. The first-order valence-corrected chi connectivity index (χ1v) is 7.90. The minimum Gasteiger partial charge on any atom is -0.496 e. The molecule has 8 heteroatoms. The number of para-hydroxylation sites is 1. The number of benzene rings is 1. The number of nitrogens with one attached hydrogen (secondary N) is 1. The maximum Gasteiger partial charge on any atom is 0.226 e. The van der Waals surface area contributed by atoms with Crippen molar-refractivity contribution in [2.45, 2.75) is 19.3 Å². The number of methoxy groups -OCH3 is 1. The van der Waals surface area contributed by atoms with Crippen molar-refractivity contribution in [2.75, 3.05) is 12.4 Å². The third kappa shape index (κ3) is 4.03. The summed E-state index contributed by atoms with van der Waals surface area (Å²) in [4.78, 5) is 20.3. The highest BCUT2D eigenvalue weighted by molar-refractivity contribution is 5.88. The van der Waals surface area contributed by atoms with Crippen LogP contribution in [0.2, 0.25) is 0 Å². The van der Waals surface area contributed by atoms with E-state index in [9.17, 15) is 4.79 Å². The molecule has 0 spiro atoms. The molecule has 2 heterocycles. The second-order valence-corrected chi connectivity index (χ2v) is 5.48. The fourth-order valence-electron chi connectivity index (χ4n) is 2.37. The van der Waals surface area contributed by atoms with Crippen LogP contribution in [0.5, 0.6) is 5.75 Å².